The van der Waals surface area contributed by atoms with Crippen LogP contribution in [-0.2, 0) is 0 Å². The van der Waals surface area contributed by atoms with Crippen molar-refractivity contribution >= 4 is 40.6 Å². The van der Waals surface area contributed by atoms with Crippen molar-refractivity contribution in [1.82, 2.24) is 0 Å². The predicted octanol–water partition coefficient (Wildman–Crippen LogP) is 4.09. The van der Waals surface area contributed by atoms with Gasteiger partial charge in [-0.3, -0.25) is 4.99 Å². The Hall–Kier alpha value is 0.0800. The Balaban J connectivity index is 4.56. The molecule has 2 nitrogen and oxygen atoms in total. The molecule has 16 heavy (non-hydrogen) atoms. The fourth-order valence-corrected chi connectivity index (χ4v) is 1.49. The first-order chi connectivity index (χ1) is 7.32. The Bertz CT molecular complexity index is 246. The van der Waals surface area contributed by atoms with Gasteiger partial charge >= 0.3 is 0 Å². The number of nitrogens with zero attached hydrogens (tertiary/aromatic N) is 1. The van der Waals surface area contributed by atoms with E-state index in [0.717, 1.165) is 19.3 Å². The molecular formula is C11H19Cl3N2. The maximum atomic E-state index is 5.63. The molecule has 0 aromatic carbocycles. The summed E-state index contributed by atoms with van der Waals surface area (Å²) in [4.78, 5) is 4.20. The van der Waals surface area contributed by atoms with Crippen molar-refractivity contribution in [1.29, 1.82) is 0 Å². The van der Waals surface area contributed by atoms with Crippen LogP contribution in [-0.4, -0.2) is 15.7 Å². The molecule has 94 valence electrons. The minimum absolute atomic E-state index is 0.0192. The van der Waals surface area contributed by atoms with E-state index in [1.54, 1.807) is 6.08 Å². The van der Waals surface area contributed by atoms with Crippen molar-refractivity contribution in [2.24, 2.45) is 16.6 Å². The van der Waals surface area contributed by atoms with Crippen LogP contribution in [0.1, 0.15) is 33.1 Å². The van der Waals surface area contributed by atoms with E-state index in [1.807, 2.05) is 0 Å². The van der Waals surface area contributed by atoms with Crippen LogP contribution in [0.5, 0.6) is 0 Å². The SMILES string of the molecule is C=CC(N=C(N)C(Cl)(Cl)Cl)[C@H](C)CCCC. The first kappa shape index (κ1) is 16.1. The third-order valence-electron chi connectivity index (χ3n) is 2.42. The highest BCUT2D eigenvalue weighted by atomic mass is 35.6. The average molecular weight is 286 g/mol. The summed E-state index contributed by atoms with van der Waals surface area (Å²) in [7, 11) is 0. The average Bonchev–Trinajstić information content (AvgIpc) is 2.20. The molecule has 0 spiro atoms. The lowest BCUT2D eigenvalue weighted by atomic mass is 9.96. The minimum Gasteiger partial charge on any atom is -0.384 e. The van der Waals surface area contributed by atoms with E-state index in [9.17, 15) is 0 Å². The van der Waals surface area contributed by atoms with Gasteiger partial charge < -0.3 is 5.73 Å². The summed E-state index contributed by atoms with van der Waals surface area (Å²) in [6.45, 7) is 7.98. The molecule has 0 bridgehead atoms. The second-order valence-corrected chi connectivity index (χ2v) is 6.14. The molecule has 0 saturated carbocycles. The highest BCUT2D eigenvalue weighted by molar-refractivity contribution is 6.76. The third kappa shape index (κ3) is 5.97. The topological polar surface area (TPSA) is 38.4 Å². The molecule has 0 aliphatic rings. The zero-order valence-electron chi connectivity index (χ0n) is 9.72. The second-order valence-electron chi connectivity index (χ2n) is 3.86. The van der Waals surface area contributed by atoms with E-state index < -0.39 is 3.79 Å². The standard InChI is InChI=1S/C11H19Cl3N2/c1-4-6-7-8(3)9(5-2)16-10(15)11(12,13)14/h5,8-9H,2,4,6-7H2,1,3H3,(H2,15,16)/t8-,9?/m1/s1. The summed E-state index contributed by atoms with van der Waals surface area (Å²) < 4.78 is -1.63. The third-order valence-corrected chi connectivity index (χ3v) is 3.00. The van der Waals surface area contributed by atoms with Gasteiger partial charge in [0.1, 0.15) is 5.84 Å². The molecular weight excluding hydrogens is 266 g/mol. The molecule has 0 aliphatic carbocycles. The van der Waals surface area contributed by atoms with Gasteiger partial charge in [0.05, 0.1) is 6.04 Å². The molecule has 0 heterocycles. The molecule has 0 rings (SSSR count). The van der Waals surface area contributed by atoms with Crippen LogP contribution in [0, 0.1) is 5.92 Å². The minimum atomic E-state index is -1.63. The molecule has 0 saturated heterocycles. The number of rotatable bonds is 6. The van der Waals surface area contributed by atoms with Gasteiger partial charge in [-0.25, -0.2) is 0 Å². The van der Waals surface area contributed by atoms with Crippen molar-refractivity contribution in [3.63, 3.8) is 0 Å². The van der Waals surface area contributed by atoms with Crippen LogP contribution in [0.15, 0.2) is 17.6 Å². The van der Waals surface area contributed by atoms with Crippen LogP contribution < -0.4 is 5.73 Å². The first-order valence-corrected chi connectivity index (χ1v) is 6.49. The Labute approximate surface area is 113 Å². The van der Waals surface area contributed by atoms with Crippen LogP contribution in [0.25, 0.3) is 0 Å². The summed E-state index contributed by atoms with van der Waals surface area (Å²) >= 11 is 16.9. The number of halogens is 3. The number of hydrogen-bond acceptors (Lipinski definition) is 1. The van der Waals surface area contributed by atoms with Gasteiger partial charge in [-0.15, -0.1) is 6.58 Å². The highest BCUT2D eigenvalue weighted by Gasteiger charge is 2.26. The van der Waals surface area contributed by atoms with E-state index >= 15 is 0 Å². The number of aliphatic imine (C=N–C) groups is 1. The number of hydrogen-bond donors (Lipinski definition) is 1. The van der Waals surface area contributed by atoms with Crippen LogP contribution >= 0.6 is 34.8 Å². The van der Waals surface area contributed by atoms with E-state index in [1.165, 1.54) is 0 Å². The van der Waals surface area contributed by atoms with Crippen molar-refractivity contribution in [2.75, 3.05) is 0 Å². The zero-order chi connectivity index (χ0) is 12.8. The molecule has 1 unspecified atom stereocenters. The second kappa shape index (κ2) is 7.41. The van der Waals surface area contributed by atoms with E-state index in [4.69, 9.17) is 40.5 Å². The Morgan fingerprint density at radius 2 is 2.06 bits per heavy atom. The van der Waals surface area contributed by atoms with E-state index in [-0.39, 0.29) is 11.9 Å². The summed E-state index contributed by atoms with van der Waals surface area (Å²) in [5.74, 6) is 0.370. The fourth-order valence-electron chi connectivity index (χ4n) is 1.34. The molecule has 0 radical (unpaired) electrons. The van der Waals surface area contributed by atoms with Gasteiger partial charge in [0, 0.05) is 0 Å². The van der Waals surface area contributed by atoms with Gasteiger partial charge in [0.2, 0.25) is 3.79 Å². The maximum absolute atomic E-state index is 5.63. The van der Waals surface area contributed by atoms with Crippen LogP contribution in [0.3, 0.4) is 0 Å². The van der Waals surface area contributed by atoms with E-state index in [2.05, 4.69) is 25.4 Å². The Morgan fingerprint density at radius 1 is 1.50 bits per heavy atom. The smallest absolute Gasteiger partial charge is 0.247 e. The Kier molecular flexibility index (Phi) is 7.45. The largest absolute Gasteiger partial charge is 0.384 e. The molecule has 0 aromatic rings. The normalized spacial score (nSPS) is 16.9. The number of unbranched alkanes of at least 4 members (excludes halogenated alkanes) is 1. The first-order valence-electron chi connectivity index (χ1n) is 5.36. The molecule has 2 atom stereocenters. The summed E-state index contributed by atoms with van der Waals surface area (Å²) in [6, 6.07) is -0.0952. The van der Waals surface area contributed by atoms with Gasteiger partial charge in [-0.05, 0) is 12.3 Å². The monoisotopic (exact) mass is 284 g/mol. The van der Waals surface area contributed by atoms with E-state index in [0.29, 0.717) is 5.92 Å². The lowest BCUT2D eigenvalue weighted by Gasteiger charge is -2.19. The summed E-state index contributed by atoms with van der Waals surface area (Å²) in [5, 5.41) is 0. The molecule has 2 N–H and O–H groups in total. The Morgan fingerprint density at radius 3 is 2.44 bits per heavy atom. The summed E-state index contributed by atoms with van der Waals surface area (Å²) in [6.07, 6.45) is 5.10. The quantitative estimate of drug-likeness (QED) is 0.339. The van der Waals surface area contributed by atoms with Crippen molar-refractivity contribution in [2.45, 2.75) is 42.9 Å². The van der Waals surface area contributed by atoms with Crippen molar-refractivity contribution in [3.05, 3.63) is 12.7 Å². The zero-order valence-corrected chi connectivity index (χ0v) is 12.0. The number of amidine groups is 1. The molecule has 0 fully saturated rings. The summed E-state index contributed by atoms with van der Waals surface area (Å²) in [5.41, 5.74) is 5.60. The molecule has 0 aliphatic heterocycles. The molecule has 5 heteroatoms. The number of nitrogens with two attached hydrogens (primary N) is 1. The predicted molar refractivity (Wildman–Crippen MR) is 74.6 cm³/mol. The lowest BCUT2D eigenvalue weighted by Crippen LogP contribution is -2.31. The fraction of sp³-hybridized carbons (Fsp3) is 0.727. The number of alkyl halides is 3. The van der Waals surface area contributed by atoms with Gasteiger partial charge in [0.15, 0.2) is 0 Å². The molecule has 0 amide bonds. The van der Waals surface area contributed by atoms with Gasteiger partial charge in [-0.2, -0.15) is 0 Å². The van der Waals surface area contributed by atoms with Gasteiger partial charge in [0.25, 0.3) is 0 Å². The van der Waals surface area contributed by atoms with Crippen LogP contribution in [0.2, 0.25) is 0 Å². The maximum Gasteiger partial charge on any atom is 0.247 e. The van der Waals surface area contributed by atoms with Crippen molar-refractivity contribution < 1.29 is 0 Å². The lowest BCUT2D eigenvalue weighted by molar-refractivity contribution is 0.462. The van der Waals surface area contributed by atoms with Gasteiger partial charge in [-0.1, -0.05) is 67.6 Å². The van der Waals surface area contributed by atoms with Crippen LogP contribution in [0.4, 0.5) is 0 Å². The highest BCUT2D eigenvalue weighted by Crippen LogP contribution is 2.27. The molecule has 0 aromatic heterocycles. The van der Waals surface area contributed by atoms with Crippen molar-refractivity contribution in [3.8, 4) is 0 Å².